The molecule has 1 aliphatic carbocycles. The zero-order chi connectivity index (χ0) is 20.1. The number of likely N-dealkylation sites (tertiary alicyclic amines) is 1. The van der Waals surface area contributed by atoms with E-state index in [1.54, 1.807) is 17.3 Å². The second kappa shape index (κ2) is 6.61. The van der Waals surface area contributed by atoms with Crippen LogP contribution in [0.4, 0.5) is 19.3 Å². The monoisotopic (exact) mass is 397 g/mol. The van der Waals surface area contributed by atoms with Crippen molar-refractivity contribution in [3.05, 3.63) is 59.4 Å². The lowest BCUT2D eigenvalue weighted by Crippen LogP contribution is -2.47. The number of hydrogen-bond donors (Lipinski definition) is 1. The summed E-state index contributed by atoms with van der Waals surface area (Å²) in [4.78, 5) is 28.1. The first kappa shape index (κ1) is 17.7. The van der Waals surface area contributed by atoms with E-state index in [9.17, 15) is 18.4 Å². The Kier molecular flexibility index (Phi) is 4.04. The lowest BCUT2D eigenvalue weighted by atomic mass is 9.97. The van der Waals surface area contributed by atoms with Gasteiger partial charge in [-0.05, 0) is 35.8 Å². The maximum absolute atomic E-state index is 14.1. The van der Waals surface area contributed by atoms with Crippen LogP contribution in [0.1, 0.15) is 17.5 Å². The molecule has 2 atom stereocenters. The van der Waals surface area contributed by atoms with Crippen LogP contribution in [0.5, 0.6) is 0 Å². The molecule has 1 aromatic carbocycles. The minimum atomic E-state index is -1.00. The van der Waals surface area contributed by atoms with E-state index >= 15 is 0 Å². The van der Waals surface area contributed by atoms with Gasteiger partial charge in [-0.25, -0.2) is 13.6 Å². The van der Waals surface area contributed by atoms with Crippen LogP contribution in [0, 0.1) is 17.6 Å². The fraction of sp³-hybridized carbons (Fsp3) is 0.300. The van der Waals surface area contributed by atoms with Crippen molar-refractivity contribution in [3.8, 4) is 0 Å². The van der Waals surface area contributed by atoms with Crippen LogP contribution in [-0.2, 0) is 11.3 Å². The molecule has 0 spiro atoms. The lowest BCUT2D eigenvalue weighted by Gasteiger charge is -2.32. The highest BCUT2D eigenvalue weighted by Crippen LogP contribution is 2.42. The average molecular weight is 397 g/mol. The largest absolute Gasteiger partial charge is 0.334 e. The molecule has 9 heteroatoms. The fourth-order valence-electron chi connectivity index (χ4n) is 4.38. The summed E-state index contributed by atoms with van der Waals surface area (Å²) in [5, 5.41) is 10.2. The Balaban J connectivity index is 1.30. The van der Waals surface area contributed by atoms with Crippen LogP contribution in [0.25, 0.3) is 5.57 Å². The standard InChI is InChI=1S/C20H17F2N5O2/c21-16-1-2-17-15(19(16)22)9-26(20(29)25-17)10-18(28)27-8-12-5-13(27)6-14(12)11-3-4-23-24-7-11/h1-4,6-7,12-13H,5,8-10H2,(H,25,29)/t12-,13-/m0/s1. The minimum Gasteiger partial charge on any atom is -0.334 e. The number of amides is 3. The number of urea groups is 1. The molecule has 5 rings (SSSR count). The number of nitrogens with zero attached hydrogens (tertiary/aromatic N) is 4. The summed E-state index contributed by atoms with van der Waals surface area (Å²) in [7, 11) is 0. The first-order chi connectivity index (χ1) is 14.0. The van der Waals surface area contributed by atoms with Gasteiger partial charge in [0, 0.05) is 18.0 Å². The van der Waals surface area contributed by atoms with Gasteiger partial charge in [-0.3, -0.25) is 4.79 Å². The molecule has 7 nitrogen and oxygen atoms in total. The Morgan fingerprint density at radius 1 is 1.24 bits per heavy atom. The van der Waals surface area contributed by atoms with Gasteiger partial charge in [-0.1, -0.05) is 6.08 Å². The first-order valence-electron chi connectivity index (χ1n) is 9.32. The third-order valence-electron chi connectivity index (χ3n) is 5.79. The predicted molar refractivity (Wildman–Crippen MR) is 99.4 cm³/mol. The van der Waals surface area contributed by atoms with Crippen LogP contribution < -0.4 is 5.32 Å². The summed E-state index contributed by atoms with van der Waals surface area (Å²) in [5.74, 6) is -1.98. The molecular formula is C20H17F2N5O2. The molecule has 3 aliphatic rings. The summed E-state index contributed by atoms with van der Waals surface area (Å²) in [6.07, 6.45) is 6.24. The summed E-state index contributed by atoms with van der Waals surface area (Å²) in [5.41, 5.74) is 2.45. The third kappa shape index (κ3) is 2.93. The zero-order valence-corrected chi connectivity index (χ0v) is 15.3. The lowest BCUT2D eigenvalue weighted by molar-refractivity contribution is -0.132. The van der Waals surface area contributed by atoms with Gasteiger partial charge in [0.15, 0.2) is 11.6 Å². The van der Waals surface area contributed by atoms with Crippen molar-refractivity contribution in [2.24, 2.45) is 5.92 Å². The van der Waals surface area contributed by atoms with Gasteiger partial charge in [-0.2, -0.15) is 10.2 Å². The molecule has 2 aliphatic heterocycles. The van der Waals surface area contributed by atoms with Crippen molar-refractivity contribution < 1.29 is 18.4 Å². The molecule has 29 heavy (non-hydrogen) atoms. The predicted octanol–water partition coefficient (Wildman–Crippen LogP) is 2.42. The van der Waals surface area contributed by atoms with Crippen LogP contribution in [0.2, 0.25) is 0 Å². The van der Waals surface area contributed by atoms with Crippen LogP contribution in [0.3, 0.4) is 0 Å². The average Bonchev–Trinajstić information content (AvgIpc) is 3.34. The number of halogens is 2. The highest BCUT2D eigenvalue weighted by atomic mass is 19.2. The molecule has 1 saturated heterocycles. The highest BCUT2D eigenvalue weighted by molar-refractivity contribution is 5.95. The van der Waals surface area contributed by atoms with Crippen molar-refractivity contribution in [2.75, 3.05) is 18.4 Å². The van der Waals surface area contributed by atoms with Gasteiger partial charge >= 0.3 is 6.03 Å². The number of nitrogens with one attached hydrogen (secondary N) is 1. The van der Waals surface area contributed by atoms with Gasteiger partial charge in [0.25, 0.3) is 0 Å². The SMILES string of the molecule is O=C1Nc2ccc(F)c(F)c2CN1CC(=O)N1C[C@@H]2C[C@H]1C=C2c1ccnnc1. The number of carbonyl (C=O) groups is 2. The van der Waals surface area contributed by atoms with E-state index in [1.165, 1.54) is 11.0 Å². The van der Waals surface area contributed by atoms with Gasteiger partial charge < -0.3 is 15.1 Å². The van der Waals surface area contributed by atoms with Crippen molar-refractivity contribution in [1.29, 1.82) is 0 Å². The topological polar surface area (TPSA) is 78.4 Å². The molecule has 1 aromatic heterocycles. The number of anilines is 1. The van der Waals surface area contributed by atoms with E-state index in [0.29, 0.717) is 6.54 Å². The van der Waals surface area contributed by atoms with E-state index in [0.717, 1.165) is 23.6 Å². The molecule has 0 unspecified atom stereocenters. The fourth-order valence-corrected chi connectivity index (χ4v) is 4.38. The maximum atomic E-state index is 14.1. The van der Waals surface area contributed by atoms with E-state index in [-0.39, 0.29) is 42.2 Å². The van der Waals surface area contributed by atoms with Crippen molar-refractivity contribution >= 4 is 23.2 Å². The molecule has 3 amide bonds. The second-order valence-electron chi connectivity index (χ2n) is 7.47. The minimum absolute atomic E-state index is 0.0371. The summed E-state index contributed by atoms with van der Waals surface area (Å²) < 4.78 is 27.6. The Hall–Kier alpha value is -3.36. The normalized spacial score (nSPS) is 22.4. The van der Waals surface area contributed by atoms with Gasteiger partial charge in [-0.15, -0.1) is 0 Å². The van der Waals surface area contributed by atoms with E-state index in [2.05, 4.69) is 21.6 Å². The smallest absolute Gasteiger partial charge is 0.322 e. The number of aromatic nitrogens is 2. The summed E-state index contributed by atoms with van der Waals surface area (Å²) >= 11 is 0. The van der Waals surface area contributed by atoms with Gasteiger partial charge in [0.2, 0.25) is 5.91 Å². The Labute approximate surface area is 165 Å². The molecule has 148 valence electrons. The molecular weight excluding hydrogens is 380 g/mol. The number of carbonyl (C=O) groups excluding carboxylic acids is 2. The first-order valence-corrected chi connectivity index (χ1v) is 9.32. The van der Waals surface area contributed by atoms with Crippen molar-refractivity contribution in [3.63, 3.8) is 0 Å². The summed E-state index contributed by atoms with van der Waals surface area (Å²) in [6.45, 7) is 0.222. The molecule has 0 saturated carbocycles. The van der Waals surface area contributed by atoms with E-state index < -0.39 is 17.7 Å². The van der Waals surface area contributed by atoms with Crippen LogP contribution in [-0.4, -0.2) is 51.1 Å². The Morgan fingerprint density at radius 2 is 2.10 bits per heavy atom. The second-order valence-corrected chi connectivity index (χ2v) is 7.47. The van der Waals surface area contributed by atoms with E-state index in [4.69, 9.17) is 0 Å². The number of benzene rings is 1. The summed E-state index contributed by atoms with van der Waals surface area (Å²) in [6, 6.07) is 3.66. The Morgan fingerprint density at radius 3 is 2.83 bits per heavy atom. The number of rotatable bonds is 3. The van der Waals surface area contributed by atoms with Crippen LogP contribution >= 0.6 is 0 Å². The molecule has 0 radical (unpaired) electrons. The third-order valence-corrected chi connectivity index (χ3v) is 5.79. The quantitative estimate of drug-likeness (QED) is 0.863. The molecule has 2 aromatic rings. The van der Waals surface area contributed by atoms with E-state index in [1.807, 2.05) is 6.07 Å². The van der Waals surface area contributed by atoms with Crippen LogP contribution in [0.15, 0.2) is 36.7 Å². The number of fused-ring (bicyclic) bond motifs is 3. The highest BCUT2D eigenvalue weighted by Gasteiger charge is 2.42. The Bertz CT molecular complexity index is 1040. The molecule has 2 bridgehead atoms. The number of hydrogen-bond acceptors (Lipinski definition) is 4. The van der Waals surface area contributed by atoms with Gasteiger partial charge in [0.1, 0.15) is 6.54 Å². The molecule has 1 N–H and O–H groups in total. The van der Waals surface area contributed by atoms with Gasteiger partial charge in [0.05, 0.1) is 30.7 Å². The zero-order valence-electron chi connectivity index (χ0n) is 15.3. The maximum Gasteiger partial charge on any atom is 0.322 e. The molecule has 1 fully saturated rings. The van der Waals surface area contributed by atoms with Crippen molar-refractivity contribution in [1.82, 2.24) is 20.0 Å². The molecule has 3 heterocycles. The van der Waals surface area contributed by atoms with Crippen molar-refractivity contribution in [2.45, 2.75) is 19.0 Å².